The Bertz CT molecular complexity index is 475. The third-order valence-corrected chi connectivity index (χ3v) is 6.08. The van der Waals surface area contributed by atoms with Crippen molar-refractivity contribution in [2.24, 2.45) is 11.3 Å². The van der Waals surface area contributed by atoms with Crippen molar-refractivity contribution in [3.05, 3.63) is 0 Å². The molecule has 9 heteroatoms. The van der Waals surface area contributed by atoms with Crippen LogP contribution in [-0.4, -0.2) is 50.2 Å². The second-order valence-corrected chi connectivity index (χ2v) is 10.7. The highest BCUT2D eigenvalue weighted by molar-refractivity contribution is 7.90. The van der Waals surface area contributed by atoms with E-state index in [1.54, 1.807) is 20.8 Å². The van der Waals surface area contributed by atoms with E-state index in [9.17, 15) is 27.6 Å². The molecule has 1 saturated heterocycles. The van der Waals surface area contributed by atoms with Crippen LogP contribution in [0.15, 0.2) is 0 Å². The third kappa shape index (κ3) is 5.92. The van der Waals surface area contributed by atoms with Crippen molar-refractivity contribution < 1.29 is 27.6 Å². The van der Waals surface area contributed by atoms with Gasteiger partial charge in [0.2, 0.25) is 0 Å². The van der Waals surface area contributed by atoms with Gasteiger partial charge in [-0.25, -0.2) is 4.79 Å². The number of piperidine rings is 1. The first-order valence-corrected chi connectivity index (χ1v) is 9.44. The van der Waals surface area contributed by atoms with Crippen LogP contribution in [0.1, 0.15) is 54.4 Å². The maximum Gasteiger partial charge on any atom is 0.408 e. The molecule has 1 rings (SSSR count). The molecule has 148 valence electrons. The summed E-state index contributed by atoms with van der Waals surface area (Å²) in [5.41, 5.74) is -0.490. The van der Waals surface area contributed by atoms with Crippen LogP contribution in [0.25, 0.3) is 0 Å². The lowest BCUT2D eigenvalue weighted by molar-refractivity contribution is -0.169. The summed E-state index contributed by atoms with van der Waals surface area (Å²) in [7, 11) is 0. The van der Waals surface area contributed by atoms with Crippen LogP contribution in [0.5, 0.6) is 0 Å². The highest BCUT2D eigenvalue weighted by Gasteiger charge is 2.52. The Morgan fingerprint density at radius 2 is 1.76 bits per heavy atom. The summed E-state index contributed by atoms with van der Waals surface area (Å²) in [6, 6.07) is -2.45. The first-order chi connectivity index (χ1) is 11.0. The second kappa shape index (κ2) is 7.52. The van der Waals surface area contributed by atoms with E-state index in [1.165, 1.54) is 4.90 Å². The van der Waals surface area contributed by atoms with Crippen molar-refractivity contribution in [3.63, 3.8) is 0 Å². The lowest BCUT2D eigenvalue weighted by Crippen LogP contribution is -2.59. The van der Waals surface area contributed by atoms with Gasteiger partial charge in [-0.15, -0.1) is 4.72 Å². The maximum absolute atomic E-state index is 13.6. The van der Waals surface area contributed by atoms with Crippen LogP contribution >= 0.6 is 0 Å². The van der Waals surface area contributed by atoms with Gasteiger partial charge >= 0.3 is 12.3 Å². The van der Waals surface area contributed by atoms with Gasteiger partial charge in [0.15, 0.2) is 6.04 Å². The normalized spacial score (nSPS) is 25.6. The van der Waals surface area contributed by atoms with E-state index in [-0.39, 0.29) is 19.4 Å². The van der Waals surface area contributed by atoms with Crippen LogP contribution in [-0.2, 0) is 11.4 Å². The molecule has 0 spiro atoms. The highest BCUT2D eigenvalue weighted by Crippen LogP contribution is 2.40. The minimum atomic E-state index is -4.56. The summed E-state index contributed by atoms with van der Waals surface area (Å²) in [5.74, 6) is -0.828. The molecule has 3 unspecified atom stereocenters. The lowest BCUT2D eigenvalue weighted by Gasteiger charge is -2.46. The molecule has 0 radical (unpaired) electrons. The third-order valence-electron chi connectivity index (χ3n) is 4.50. The first-order valence-electron chi connectivity index (χ1n) is 8.29. The van der Waals surface area contributed by atoms with E-state index >= 15 is 0 Å². The standard InChI is InChI=1S/C16H29F3N2O3S/c1-14(2,3)11-9-10(7-8-21(11)13(22)23)12(16(17,18)19)20-25(24)15(4,5)6/h10-12,20H,7-9H2,1-6H3,(H,22,23)/t10?,11?,12-,25?/m1/s1. The van der Waals surface area contributed by atoms with Crippen molar-refractivity contribution in [1.29, 1.82) is 0 Å². The zero-order valence-electron chi connectivity index (χ0n) is 15.6. The number of nitrogens with zero attached hydrogens (tertiary/aromatic N) is 1. The summed E-state index contributed by atoms with van der Waals surface area (Å²) in [6.07, 6.45) is -5.52. The van der Waals surface area contributed by atoms with E-state index < -0.39 is 51.8 Å². The molecule has 25 heavy (non-hydrogen) atoms. The molecule has 4 atom stereocenters. The Kier molecular flexibility index (Phi) is 6.73. The van der Waals surface area contributed by atoms with Gasteiger partial charge in [0.05, 0.1) is 0 Å². The van der Waals surface area contributed by atoms with Gasteiger partial charge in [-0.3, -0.25) is 0 Å². The second-order valence-electron chi connectivity index (χ2n) is 8.66. The highest BCUT2D eigenvalue weighted by atomic mass is 32.2. The molecule has 2 N–H and O–H groups in total. The number of rotatable bonds is 3. The molecular formula is C16H29F3N2O3S. The lowest BCUT2D eigenvalue weighted by atomic mass is 9.75. The minimum Gasteiger partial charge on any atom is -0.598 e. The topological polar surface area (TPSA) is 75.6 Å². The summed E-state index contributed by atoms with van der Waals surface area (Å²) >= 11 is -1.87. The Morgan fingerprint density at radius 1 is 1.24 bits per heavy atom. The number of nitrogens with one attached hydrogen (secondary N) is 1. The number of alkyl halides is 3. The molecule has 0 aromatic carbocycles. The number of carbonyl (C=O) groups is 1. The molecule has 1 amide bonds. The van der Waals surface area contributed by atoms with Gasteiger partial charge in [0, 0.05) is 23.9 Å². The molecular weight excluding hydrogens is 357 g/mol. The van der Waals surface area contributed by atoms with Crippen molar-refractivity contribution in [2.75, 3.05) is 6.54 Å². The van der Waals surface area contributed by atoms with E-state index in [0.717, 1.165) is 0 Å². The predicted octanol–water partition coefficient (Wildman–Crippen LogP) is 3.77. The number of amides is 1. The van der Waals surface area contributed by atoms with E-state index in [1.807, 2.05) is 20.8 Å². The van der Waals surface area contributed by atoms with E-state index in [0.29, 0.717) is 0 Å². The zero-order chi connectivity index (χ0) is 19.8. The Hall–Kier alpha value is -0.670. The Morgan fingerprint density at radius 3 is 2.12 bits per heavy atom. The molecule has 0 aromatic rings. The fraction of sp³-hybridized carbons (Fsp3) is 0.938. The molecule has 1 heterocycles. The monoisotopic (exact) mass is 386 g/mol. The number of halogens is 3. The number of hydrogen-bond acceptors (Lipinski definition) is 3. The molecule has 0 bridgehead atoms. The minimum absolute atomic E-state index is 0.0400. The number of carboxylic acid groups (broad SMARTS) is 1. The SMILES string of the molecule is CC(C)(C)C1CC([C@@H](N[S+]([O-])C(C)(C)C)C(F)(F)F)CCN1C(=O)O. The predicted molar refractivity (Wildman–Crippen MR) is 91.6 cm³/mol. The average molecular weight is 386 g/mol. The molecule has 0 saturated carbocycles. The van der Waals surface area contributed by atoms with Crippen molar-refractivity contribution in [2.45, 2.75) is 77.4 Å². The van der Waals surface area contributed by atoms with E-state index in [4.69, 9.17) is 0 Å². The largest absolute Gasteiger partial charge is 0.598 e. The molecule has 1 aliphatic heterocycles. The quantitative estimate of drug-likeness (QED) is 0.724. The van der Waals surface area contributed by atoms with E-state index in [2.05, 4.69) is 4.72 Å². The van der Waals surface area contributed by atoms with Gasteiger partial charge in [0.1, 0.15) is 4.75 Å². The van der Waals surface area contributed by atoms with Crippen LogP contribution in [0.2, 0.25) is 0 Å². The smallest absolute Gasteiger partial charge is 0.408 e. The first kappa shape index (κ1) is 22.4. The summed E-state index contributed by atoms with van der Waals surface area (Å²) in [6.45, 7) is 10.3. The summed E-state index contributed by atoms with van der Waals surface area (Å²) in [4.78, 5) is 12.7. The molecule has 1 fully saturated rings. The van der Waals surface area contributed by atoms with Crippen molar-refractivity contribution in [1.82, 2.24) is 9.62 Å². The van der Waals surface area contributed by atoms with Crippen LogP contribution in [0.4, 0.5) is 18.0 Å². The van der Waals surface area contributed by atoms with Crippen molar-refractivity contribution in [3.8, 4) is 0 Å². The Labute approximate surface area is 150 Å². The van der Waals surface area contributed by atoms with Crippen LogP contribution in [0.3, 0.4) is 0 Å². The fourth-order valence-electron chi connectivity index (χ4n) is 3.07. The molecule has 0 aromatic heterocycles. The molecule has 0 aliphatic carbocycles. The fourth-order valence-corrected chi connectivity index (χ4v) is 3.98. The maximum atomic E-state index is 13.6. The van der Waals surface area contributed by atoms with Gasteiger partial charge in [-0.2, -0.15) is 13.2 Å². The number of likely N-dealkylation sites (tertiary alicyclic amines) is 1. The van der Waals surface area contributed by atoms with Gasteiger partial charge in [-0.05, 0) is 44.9 Å². The summed E-state index contributed by atoms with van der Waals surface area (Å²) < 4.78 is 54.5. The zero-order valence-corrected chi connectivity index (χ0v) is 16.4. The molecule has 1 aliphatic rings. The summed E-state index contributed by atoms with van der Waals surface area (Å²) in [5, 5.41) is 9.35. The molecule has 5 nitrogen and oxygen atoms in total. The van der Waals surface area contributed by atoms with Gasteiger partial charge in [-0.1, -0.05) is 20.8 Å². The van der Waals surface area contributed by atoms with Gasteiger partial charge < -0.3 is 14.6 Å². The van der Waals surface area contributed by atoms with Crippen LogP contribution < -0.4 is 4.72 Å². The average Bonchev–Trinajstić information content (AvgIpc) is 2.40. The Balaban J connectivity index is 3.06. The van der Waals surface area contributed by atoms with Gasteiger partial charge in [0.25, 0.3) is 0 Å². The van der Waals surface area contributed by atoms with Crippen molar-refractivity contribution >= 4 is 17.5 Å². The number of hydrogen-bond donors (Lipinski definition) is 2. The van der Waals surface area contributed by atoms with Crippen LogP contribution in [0, 0.1) is 11.3 Å².